The summed E-state index contributed by atoms with van der Waals surface area (Å²) in [6, 6.07) is 4.99. The smallest absolute Gasteiger partial charge is 0.127 e. The zero-order valence-corrected chi connectivity index (χ0v) is 8.68. The van der Waals surface area contributed by atoms with Gasteiger partial charge in [0.25, 0.3) is 0 Å². The van der Waals surface area contributed by atoms with Crippen molar-refractivity contribution in [3.05, 3.63) is 34.1 Å². The first-order chi connectivity index (χ1) is 6.24. The van der Waals surface area contributed by atoms with E-state index in [1.165, 1.54) is 6.07 Å². The van der Waals surface area contributed by atoms with Gasteiger partial charge in [-0.05, 0) is 30.5 Å². The fraction of sp³-hybridized carbons (Fsp3) is 0.300. The Kier molecular flexibility index (Phi) is 4.09. The first-order valence-corrected chi connectivity index (χ1v) is 4.91. The van der Waals surface area contributed by atoms with Gasteiger partial charge < -0.3 is 4.79 Å². The normalized spacial score (nSPS) is 10.0. The number of carbonyl (C=O) groups is 1. The van der Waals surface area contributed by atoms with Crippen LogP contribution in [-0.2, 0) is 11.2 Å². The number of aryl methyl sites for hydroxylation is 1. The van der Waals surface area contributed by atoms with Crippen molar-refractivity contribution < 1.29 is 9.18 Å². The fourth-order valence-corrected chi connectivity index (χ4v) is 1.43. The SMILES string of the molecule is O=CCCCc1ccc(Br)cc1F. The van der Waals surface area contributed by atoms with Gasteiger partial charge in [-0.25, -0.2) is 4.39 Å². The highest BCUT2D eigenvalue weighted by Crippen LogP contribution is 2.16. The minimum Gasteiger partial charge on any atom is -0.303 e. The Bertz CT molecular complexity index is 299. The summed E-state index contributed by atoms with van der Waals surface area (Å²) in [5, 5.41) is 0. The van der Waals surface area contributed by atoms with Crippen LogP contribution in [0.3, 0.4) is 0 Å². The van der Waals surface area contributed by atoms with Crippen LogP contribution in [0.4, 0.5) is 4.39 Å². The number of unbranched alkanes of at least 4 members (excludes halogenated alkanes) is 1. The molecule has 1 aromatic rings. The Hall–Kier alpha value is -0.700. The largest absolute Gasteiger partial charge is 0.303 e. The minimum absolute atomic E-state index is 0.208. The Labute approximate surface area is 85.1 Å². The number of hydrogen-bond acceptors (Lipinski definition) is 1. The van der Waals surface area contributed by atoms with E-state index in [0.29, 0.717) is 24.8 Å². The van der Waals surface area contributed by atoms with Gasteiger partial charge in [0.1, 0.15) is 12.1 Å². The van der Waals surface area contributed by atoms with Crippen LogP contribution in [0.2, 0.25) is 0 Å². The third-order valence-electron chi connectivity index (χ3n) is 1.78. The highest BCUT2D eigenvalue weighted by Gasteiger charge is 2.01. The topological polar surface area (TPSA) is 17.1 Å². The molecular weight excluding hydrogens is 235 g/mol. The molecule has 1 aromatic carbocycles. The van der Waals surface area contributed by atoms with E-state index >= 15 is 0 Å². The van der Waals surface area contributed by atoms with Gasteiger partial charge in [-0.1, -0.05) is 22.0 Å². The van der Waals surface area contributed by atoms with Crippen molar-refractivity contribution in [1.82, 2.24) is 0 Å². The molecule has 0 saturated heterocycles. The van der Waals surface area contributed by atoms with Crippen LogP contribution in [0, 0.1) is 5.82 Å². The van der Waals surface area contributed by atoms with Gasteiger partial charge in [0.15, 0.2) is 0 Å². The number of rotatable bonds is 4. The first kappa shape index (κ1) is 10.4. The van der Waals surface area contributed by atoms with Crippen molar-refractivity contribution in [1.29, 1.82) is 0 Å². The number of halogens is 2. The van der Waals surface area contributed by atoms with Gasteiger partial charge in [0.2, 0.25) is 0 Å². The lowest BCUT2D eigenvalue weighted by molar-refractivity contribution is -0.107. The molecule has 0 amide bonds. The summed E-state index contributed by atoms with van der Waals surface area (Å²) in [6.07, 6.45) is 2.69. The molecule has 0 aliphatic carbocycles. The van der Waals surface area contributed by atoms with Crippen LogP contribution in [0.25, 0.3) is 0 Å². The fourth-order valence-electron chi connectivity index (χ4n) is 1.10. The maximum absolute atomic E-state index is 13.2. The molecule has 0 aliphatic rings. The summed E-state index contributed by atoms with van der Waals surface area (Å²) in [5.41, 5.74) is 0.671. The number of benzene rings is 1. The van der Waals surface area contributed by atoms with Crippen LogP contribution >= 0.6 is 15.9 Å². The number of carbonyl (C=O) groups excluding carboxylic acids is 1. The van der Waals surface area contributed by atoms with Crippen LogP contribution in [0.5, 0.6) is 0 Å². The maximum atomic E-state index is 13.2. The second kappa shape index (κ2) is 5.12. The molecule has 0 saturated carbocycles. The third kappa shape index (κ3) is 3.27. The molecule has 0 bridgehead atoms. The van der Waals surface area contributed by atoms with E-state index in [4.69, 9.17) is 0 Å². The van der Waals surface area contributed by atoms with Gasteiger partial charge in [-0.15, -0.1) is 0 Å². The van der Waals surface area contributed by atoms with E-state index < -0.39 is 0 Å². The highest BCUT2D eigenvalue weighted by atomic mass is 79.9. The Morgan fingerprint density at radius 2 is 2.23 bits per heavy atom. The minimum atomic E-state index is -0.208. The quantitative estimate of drug-likeness (QED) is 0.588. The first-order valence-electron chi connectivity index (χ1n) is 4.11. The van der Waals surface area contributed by atoms with E-state index in [-0.39, 0.29) is 5.82 Å². The molecule has 0 N–H and O–H groups in total. The molecule has 3 heteroatoms. The molecule has 70 valence electrons. The van der Waals surface area contributed by atoms with Crippen molar-refractivity contribution in [2.75, 3.05) is 0 Å². The summed E-state index contributed by atoms with van der Waals surface area (Å²) in [7, 11) is 0. The van der Waals surface area contributed by atoms with Crippen molar-refractivity contribution >= 4 is 22.2 Å². The summed E-state index contributed by atoms with van der Waals surface area (Å²) >= 11 is 3.18. The zero-order chi connectivity index (χ0) is 9.68. The highest BCUT2D eigenvalue weighted by molar-refractivity contribution is 9.10. The van der Waals surface area contributed by atoms with Gasteiger partial charge >= 0.3 is 0 Å². The number of aldehydes is 1. The molecular formula is C10H10BrFO. The lowest BCUT2D eigenvalue weighted by atomic mass is 10.1. The van der Waals surface area contributed by atoms with Crippen molar-refractivity contribution in [2.45, 2.75) is 19.3 Å². The van der Waals surface area contributed by atoms with Crippen LogP contribution in [0.15, 0.2) is 22.7 Å². The Balaban J connectivity index is 2.61. The monoisotopic (exact) mass is 244 g/mol. The molecule has 1 nitrogen and oxygen atoms in total. The molecule has 13 heavy (non-hydrogen) atoms. The summed E-state index contributed by atoms with van der Waals surface area (Å²) in [4.78, 5) is 10.0. The average molecular weight is 245 g/mol. The molecule has 0 aromatic heterocycles. The van der Waals surface area contributed by atoms with E-state index in [1.54, 1.807) is 12.1 Å². The lowest BCUT2D eigenvalue weighted by Crippen LogP contribution is -1.91. The van der Waals surface area contributed by atoms with Crippen molar-refractivity contribution in [3.63, 3.8) is 0 Å². The Morgan fingerprint density at radius 3 is 2.85 bits per heavy atom. The molecule has 0 radical (unpaired) electrons. The summed E-state index contributed by atoms with van der Waals surface area (Å²) in [6.45, 7) is 0. The predicted molar refractivity (Wildman–Crippen MR) is 53.1 cm³/mol. The molecule has 0 fully saturated rings. The van der Waals surface area contributed by atoms with E-state index in [2.05, 4.69) is 15.9 Å². The second-order valence-corrected chi connectivity index (χ2v) is 3.71. The molecule has 0 spiro atoms. The van der Waals surface area contributed by atoms with Crippen LogP contribution in [-0.4, -0.2) is 6.29 Å². The van der Waals surface area contributed by atoms with Crippen LogP contribution in [0.1, 0.15) is 18.4 Å². The van der Waals surface area contributed by atoms with Gasteiger partial charge in [0, 0.05) is 10.9 Å². The van der Waals surface area contributed by atoms with E-state index in [0.717, 1.165) is 10.8 Å². The molecule has 0 atom stereocenters. The zero-order valence-electron chi connectivity index (χ0n) is 7.09. The second-order valence-electron chi connectivity index (χ2n) is 2.79. The molecule has 0 aliphatic heterocycles. The molecule has 0 heterocycles. The lowest BCUT2D eigenvalue weighted by Gasteiger charge is -2.01. The van der Waals surface area contributed by atoms with Gasteiger partial charge in [-0.3, -0.25) is 0 Å². The van der Waals surface area contributed by atoms with E-state index in [9.17, 15) is 9.18 Å². The third-order valence-corrected chi connectivity index (χ3v) is 2.28. The van der Waals surface area contributed by atoms with E-state index in [1.807, 2.05) is 0 Å². The standard InChI is InChI=1S/C10H10BrFO/c11-9-5-4-8(10(12)7-9)3-1-2-6-13/h4-7H,1-3H2. The van der Waals surface area contributed by atoms with Gasteiger partial charge in [-0.2, -0.15) is 0 Å². The molecule has 1 rings (SSSR count). The maximum Gasteiger partial charge on any atom is 0.127 e. The number of hydrogen-bond donors (Lipinski definition) is 0. The predicted octanol–water partition coefficient (Wildman–Crippen LogP) is 3.11. The Morgan fingerprint density at radius 1 is 1.46 bits per heavy atom. The van der Waals surface area contributed by atoms with Gasteiger partial charge in [0.05, 0.1) is 0 Å². The summed E-state index contributed by atoms with van der Waals surface area (Å²) < 4.78 is 13.9. The van der Waals surface area contributed by atoms with Crippen molar-refractivity contribution in [2.24, 2.45) is 0 Å². The van der Waals surface area contributed by atoms with Crippen LogP contribution < -0.4 is 0 Å². The molecule has 0 unspecified atom stereocenters. The van der Waals surface area contributed by atoms with Crippen molar-refractivity contribution in [3.8, 4) is 0 Å². The summed E-state index contributed by atoms with van der Waals surface area (Å²) in [5.74, 6) is -0.208. The average Bonchev–Trinajstić information content (AvgIpc) is 2.09.